The lowest BCUT2D eigenvalue weighted by atomic mass is 9.74. The monoisotopic (exact) mass is 345 g/mol. The molecule has 2 heterocycles. The zero-order valence-electron chi connectivity index (χ0n) is 14.3. The van der Waals surface area contributed by atoms with Crippen molar-refractivity contribution in [1.82, 2.24) is 10.3 Å². The third kappa shape index (κ3) is 3.60. The van der Waals surface area contributed by atoms with Crippen LogP contribution in [0.2, 0.25) is 0 Å². The van der Waals surface area contributed by atoms with Crippen LogP contribution in [0.4, 0.5) is 0 Å². The summed E-state index contributed by atoms with van der Waals surface area (Å²) in [5.74, 6) is 0.366. The lowest BCUT2D eigenvalue weighted by Gasteiger charge is -2.40. The highest BCUT2D eigenvalue weighted by atomic mass is 16.5. The van der Waals surface area contributed by atoms with Crippen LogP contribution in [0.15, 0.2) is 18.3 Å². The summed E-state index contributed by atoms with van der Waals surface area (Å²) in [5.41, 5.74) is -0.190. The van der Waals surface area contributed by atoms with Crippen molar-refractivity contribution in [2.75, 3.05) is 20.3 Å². The van der Waals surface area contributed by atoms with E-state index in [2.05, 4.69) is 16.4 Å². The first-order chi connectivity index (χ1) is 12.1. The van der Waals surface area contributed by atoms with E-state index >= 15 is 0 Å². The Morgan fingerprint density at radius 1 is 1.48 bits per heavy atom. The fraction of sp³-hybridized carbons (Fsp3) is 0.611. The van der Waals surface area contributed by atoms with Gasteiger partial charge in [0.2, 0.25) is 11.8 Å². The van der Waals surface area contributed by atoms with Gasteiger partial charge in [0.25, 0.3) is 0 Å². The number of methoxy groups -OCH3 is 1. The molecule has 1 aromatic heterocycles. The van der Waals surface area contributed by atoms with E-state index in [1.54, 1.807) is 19.4 Å². The number of hydrogen-bond acceptors (Lipinski definition) is 6. The molecule has 2 aliphatic rings. The van der Waals surface area contributed by atoms with Gasteiger partial charge in [0.05, 0.1) is 25.3 Å². The maximum Gasteiger partial charge on any atom is 0.241 e. The molecule has 7 heteroatoms. The quantitative estimate of drug-likeness (QED) is 0.834. The van der Waals surface area contributed by atoms with Crippen molar-refractivity contribution in [3.63, 3.8) is 0 Å². The number of pyridine rings is 1. The number of hydrogen-bond donors (Lipinski definition) is 2. The van der Waals surface area contributed by atoms with E-state index in [1.807, 2.05) is 6.07 Å². The molecule has 0 aromatic carbocycles. The zero-order chi connectivity index (χ0) is 17.9. The van der Waals surface area contributed by atoms with Crippen LogP contribution in [0, 0.1) is 22.7 Å². The first-order valence-electron chi connectivity index (χ1n) is 8.56. The molecule has 0 unspecified atom stereocenters. The largest absolute Gasteiger partial charge is 0.481 e. The molecule has 3 rings (SSSR count). The standard InChI is InChI=1S/C18H23N3O4/c1-24-15-3-2-12(10-20-15)16(13-8-14(22)9-13)21-17(23)18(11-19)4-6-25-7-5-18/h2-3,10,13-14,16,22H,4-9H2,1H3,(H,21,23)/t13?,14?,16-/m1/s1. The van der Waals surface area contributed by atoms with Crippen molar-refractivity contribution in [3.8, 4) is 11.9 Å². The van der Waals surface area contributed by atoms with Gasteiger partial charge in [0.15, 0.2) is 0 Å². The predicted molar refractivity (Wildman–Crippen MR) is 88.5 cm³/mol. The first-order valence-corrected chi connectivity index (χ1v) is 8.56. The number of aromatic nitrogens is 1. The number of nitrogens with zero attached hydrogens (tertiary/aromatic N) is 2. The molecule has 0 spiro atoms. The summed E-state index contributed by atoms with van der Waals surface area (Å²) in [4.78, 5) is 17.1. The van der Waals surface area contributed by atoms with Gasteiger partial charge in [-0.25, -0.2) is 4.98 Å². The predicted octanol–water partition coefficient (Wildman–Crippen LogP) is 1.34. The summed E-state index contributed by atoms with van der Waals surface area (Å²) in [6, 6.07) is 5.54. The number of carbonyl (C=O) groups is 1. The van der Waals surface area contributed by atoms with E-state index in [0.29, 0.717) is 44.8 Å². The maximum absolute atomic E-state index is 12.9. The van der Waals surface area contributed by atoms with Crippen molar-refractivity contribution in [2.24, 2.45) is 11.3 Å². The Balaban J connectivity index is 1.79. The Labute approximate surface area is 147 Å². The number of aliphatic hydroxyl groups is 1. The van der Waals surface area contributed by atoms with E-state index in [4.69, 9.17) is 9.47 Å². The van der Waals surface area contributed by atoms with Crippen molar-refractivity contribution in [1.29, 1.82) is 5.26 Å². The van der Waals surface area contributed by atoms with Crippen molar-refractivity contribution >= 4 is 5.91 Å². The molecule has 2 fully saturated rings. The fourth-order valence-corrected chi connectivity index (χ4v) is 3.46. The molecular weight excluding hydrogens is 322 g/mol. The van der Waals surface area contributed by atoms with Gasteiger partial charge < -0.3 is 19.9 Å². The van der Waals surface area contributed by atoms with Gasteiger partial charge in [0, 0.05) is 25.5 Å². The smallest absolute Gasteiger partial charge is 0.241 e. The van der Waals surface area contributed by atoms with Crippen LogP contribution in [-0.2, 0) is 9.53 Å². The SMILES string of the molecule is COc1ccc([C@@H](NC(=O)C2(C#N)CCOCC2)C2CC(O)C2)cn1. The van der Waals surface area contributed by atoms with Crippen LogP contribution < -0.4 is 10.1 Å². The zero-order valence-corrected chi connectivity index (χ0v) is 14.3. The Kier molecular flexibility index (Phi) is 5.21. The van der Waals surface area contributed by atoms with Crippen LogP contribution in [0.1, 0.15) is 37.3 Å². The highest BCUT2D eigenvalue weighted by Gasteiger charge is 2.43. The van der Waals surface area contributed by atoms with Crippen LogP contribution in [-0.4, -0.2) is 42.4 Å². The molecule has 0 bridgehead atoms. The van der Waals surface area contributed by atoms with Crippen LogP contribution in [0.5, 0.6) is 5.88 Å². The second-order valence-electron chi connectivity index (χ2n) is 6.78. The van der Waals surface area contributed by atoms with Crippen LogP contribution >= 0.6 is 0 Å². The Bertz CT molecular complexity index is 643. The molecule has 2 N–H and O–H groups in total. The summed E-state index contributed by atoms with van der Waals surface area (Å²) in [5, 5.41) is 22.3. The number of aliphatic hydroxyl groups excluding tert-OH is 1. The molecule has 1 saturated carbocycles. The molecule has 1 saturated heterocycles. The molecule has 25 heavy (non-hydrogen) atoms. The number of amides is 1. The molecule has 0 radical (unpaired) electrons. The van der Waals surface area contributed by atoms with E-state index < -0.39 is 5.41 Å². The summed E-state index contributed by atoms with van der Waals surface area (Å²) < 4.78 is 10.4. The molecular formula is C18H23N3O4. The van der Waals surface area contributed by atoms with Gasteiger partial charge in [-0.15, -0.1) is 0 Å². The normalized spacial score (nSPS) is 26.0. The van der Waals surface area contributed by atoms with Crippen LogP contribution in [0.25, 0.3) is 0 Å². The van der Waals surface area contributed by atoms with Gasteiger partial charge in [-0.05, 0) is 37.2 Å². The molecule has 1 amide bonds. The minimum Gasteiger partial charge on any atom is -0.481 e. The van der Waals surface area contributed by atoms with E-state index in [1.165, 1.54) is 0 Å². The molecule has 1 aliphatic heterocycles. The third-order valence-corrected chi connectivity index (χ3v) is 5.23. The minimum atomic E-state index is -1.04. The highest BCUT2D eigenvalue weighted by Crippen LogP contribution is 2.39. The van der Waals surface area contributed by atoms with Crippen molar-refractivity contribution < 1.29 is 19.4 Å². The second kappa shape index (κ2) is 7.38. The average molecular weight is 345 g/mol. The van der Waals surface area contributed by atoms with Gasteiger partial charge in [-0.2, -0.15) is 5.26 Å². The molecule has 134 valence electrons. The summed E-state index contributed by atoms with van der Waals surface area (Å²) in [6.45, 7) is 0.829. The topological polar surface area (TPSA) is 104 Å². The fourth-order valence-electron chi connectivity index (χ4n) is 3.46. The number of nitriles is 1. The Morgan fingerprint density at radius 2 is 2.20 bits per heavy atom. The van der Waals surface area contributed by atoms with Gasteiger partial charge in [0.1, 0.15) is 5.41 Å². The average Bonchev–Trinajstić information content (AvgIpc) is 2.64. The van der Waals surface area contributed by atoms with Gasteiger partial charge >= 0.3 is 0 Å². The lowest BCUT2D eigenvalue weighted by molar-refractivity contribution is -0.134. The van der Waals surface area contributed by atoms with E-state index in [9.17, 15) is 15.2 Å². The summed E-state index contributed by atoms with van der Waals surface area (Å²) in [7, 11) is 1.55. The molecule has 1 atom stereocenters. The van der Waals surface area contributed by atoms with E-state index in [-0.39, 0.29) is 24.0 Å². The van der Waals surface area contributed by atoms with E-state index in [0.717, 1.165) is 5.56 Å². The lowest BCUT2D eigenvalue weighted by Crippen LogP contribution is -2.48. The second-order valence-corrected chi connectivity index (χ2v) is 6.78. The number of ether oxygens (including phenoxy) is 2. The summed E-state index contributed by atoms with van der Waals surface area (Å²) >= 11 is 0. The molecule has 7 nitrogen and oxygen atoms in total. The Hall–Kier alpha value is -2.17. The van der Waals surface area contributed by atoms with Crippen LogP contribution in [0.3, 0.4) is 0 Å². The minimum absolute atomic E-state index is 0.129. The Morgan fingerprint density at radius 3 is 2.72 bits per heavy atom. The number of rotatable bonds is 5. The number of nitrogens with one attached hydrogen (secondary N) is 1. The summed E-state index contributed by atoms with van der Waals surface area (Å²) in [6.07, 6.45) is 3.40. The van der Waals surface area contributed by atoms with Gasteiger partial charge in [-0.3, -0.25) is 4.79 Å². The number of carbonyl (C=O) groups excluding carboxylic acids is 1. The first kappa shape index (κ1) is 17.6. The molecule has 1 aromatic rings. The van der Waals surface area contributed by atoms with Gasteiger partial charge in [-0.1, -0.05) is 6.07 Å². The maximum atomic E-state index is 12.9. The van der Waals surface area contributed by atoms with Crippen molar-refractivity contribution in [3.05, 3.63) is 23.9 Å². The molecule has 1 aliphatic carbocycles. The highest BCUT2D eigenvalue weighted by molar-refractivity contribution is 5.86. The third-order valence-electron chi connectivity index (χ3n) is 5.23. The van der Waals surface area contributed by atoms with Crippen molar-refractivity contribution in [2.45, 2.75) is 37.8 Å².